The third kappa shape index (κ3) is 4.70. The molecule has 8 heteroatoms. The number of rotatable bonds is 3. The number of amides is 1. The van der Waals surface area contributed by atoms with E-state index in [9.17, 15) is 9.59 Å². The number of methoxy groups -OCH3 is 1. The second-order valence-corrected chi connectivity index (χ2v) is 7.77. The SMILES string of the molecule is COC(=O)c1c(NC(=S)NC(=O)c2ccncc2)sc2c1CCCCCC2. The Hall–Kier alpha value is -2.32. The third-order valence-electron chi connectivity index (χ3n) is 4.46. The number of anilines is 1. The van der Waals surface area contributed by atoms with Gasteiger partial charge in [0.05, 0.1) is 12.7 Å². The molecular formula is C19H21N3O3S2. The van der Waals surface area contributed by atoms with Crippen LogP contribution >= 0.6 is 23.6 Å². The topological polar surface area (TPSA) is 80.3 Å². The van der Waals surface area contributed by atoms with E-state index in [4.69, 9.17) is 17.0 Å². The fourth-order valence-electron chi connectivity index (χ4n) is 3.14. The van der Waals surface area contributed by atoms with E-state index in [1.165, 1.54) is 36.2 Å². The molecule has 0 saturated heterocycles. The first-order valence-electron chi connectivity index (χ1n) is 8.85. The van der Waals surface area contributed by atoms with Crippen molar-refractivity contribution in [2.24, 2.45) is 0 Å². The molecule has 0 atom stereocenters. The number of fused-ring (bicyclic) bond motifs is 1. The van der Waals surface area contributed by atoms with E-state index in [0.717, 1.165) is 31.2 Å². The molecule has 2 heterocycles. The molecule has 0 bridgehead atoms. The Morgan fingerprint density at radius 2 is 1.85 bits per heavy atom. The molecule has 0 unspecified atom stereocenters. The average molecular weight is 404 g/mol. The first-order chi connectivity index (χ1) is 13.1. The van der Waals surface area contributed by atoms with Crippen LogP contribution in [0.5, 0.6) is 0 Å². The van der Waals surface area contributed by atoms with Crippen molar-refractivity contribution in [1.82, 2.24) is 10.3 Å². The normalized spacial score (nSPS) is 13.7. The van der Waals surface area contributed by atoms with Gasteiger partial charge in [-0.2, -0.15) is 0 Å². The lowest BCUT2D eigenvalue weighted by molar-refractivity contribution is 0.0601. The highest BCUT2D eigenvalue weighted by atomic mass is 32.1. The van der Waals surface area contributed by atoms with Crippen LogP contribution in [0.25, 0.3) is 0 Å². The first-order valence-corrected chi connectivity index (χ1v) is 10.1. The monoisotopic (exact) mass is 403 g/mol. The van der Waals surface area contributed by atoms with E-state index in [1.807, 2.05) is 0 Å². The van der Waals surface area contributed by atoms with Crippen molar-refractivity contribution in [3.05, 3.63) is 46.1 Å². The maximum atomic E-state index is 12.4. The fraction of sp³-hybridized carbons (Fsp3) is 0.368. The maximum absolute atomic E-state index is 12.4. The largest absolute Gasteiger partial charge is 0.465 e. The van der Waals surface area contributed by atoms with E-state index in [-0.39, 0.29) is 17.0 Å². The van der Waals surface area contributed by atoms with Gasteiger partial charge in [0.25, 0.3) is 5.91 Å². The molecule has 0 saturated carbocycles. The Morgan fingerprint density at radius 3 is 2.56 bits per heavy atom. The number of aromatic nitrogens is 1. The van der Waals surface area contributed by atoms with Crippen LogP contribution in [0.2, 0.25) is 0 Å². The van der Waals surface area contributed by atoms with Gasteiger partial charge in [0.1, 0.15) is 5.00 Å². The summed E-state index contributed by atoms with van der Waals surface area (Å²) in [6.07, 6.45) is 9.41. The van der Waals surface area contributed by atoms with Crippen LogP contribution in [0.15, 0.2) is 24.5 Å². The Bertz CT molecular complexity index is 849. The molecule has 3 rings (SSSR count). The van der Waals surface area contributed by atoms with Gasteiger partial charge in [-0.15, -0.1) is 11.3 Å². The van der Waals surface area contributed by atoms with Crippen molar-refractivity contribution in [2.75, 3.05) is 12.4 Å². The van der Waals surface area contributed by atoms with Crippen LogP contribution in [0.4, 0.5) is 5.00 Å². The lowest BCUT2D eigenvalue weighted by Crippen LogP contribution is -2.34. The molecule has 0 radical (unpaired) electrons. The number of carbonyl (C=O) groups excluding carboxylic acids is 2. The molecule has 0 aromatic carbocycles. The lowest BCUT2D eigenvalue weighted by atomic mass is 9.96. The van der Waals surface area contributed by atoms with Crippen LogP contribution in [-0.2, 0) is 17.6 Å². The van der Waals surface area contributed by atoms with Gasteiger partial charge in [-0.1, -0.05) is 12.8 Å². The summed E-state index contributed by atoms with van der Waals surface area (Å²) in [6, 6.07) is 3.21. The summed E-state index contributed by atoms with van der Waals surface area (Å²) in [5, 5.41) is 6.45. The standard InChI is InChI=1S/C19H21N3O3S2/c1-25-18(24)15-13-6-4-2-3-5-7-14(13)27-17(15)22-19(26)21-16(23)12-8-10-20-11-9-12/h8-11H,2-7H2,1H3,(H2,21,22,23,26). The van der Waals surface area contributed by atoms with Crippen LogP contribution in [-0.4, -0.2) is 29.1 Å². The van der Waals surface area contributed by atoms with Crippen molar-refractivity contribution >= 4 is 45.5 Å². The molecule has 0 spiro atoms. The Morgan fingerprint density at radius 1 is 1.15 bits per heavy atom. The van der Waals surface area contributed by atoms with Gasteiger partial charge in [0.15, 0.2) is 5.11 Å². The summed E-state index contributed by atoms with van der Waals surface area (Å²) in [7, 11) is 1.38. The Labute approximate surface area is 167 Å². The molecular weight excluding hydrogens is 382 g/mol. The summed E-state index contributed by atoms with van der Waals surface area (Å²) in [6.45, 7) is 0. The summed E-state index contributed by atoms with van der Waals surface area (Å²) in [5.41, 5.74) is 2.05. The maximum Gasteiger partial charge on any atom is 0.341 e. The van der Waals surface area contributed by atoms with Gasteiger partial charge < -0.3 is 10.1 Å². The number of hydrogen-bond acceptors (Lipinski definition) is 6. The molecule has 6 nitrogen and oxygen atoms in total. The second kappa shape index (κ2) is 9.05. The van der Waals surface area contributed by atoms with Crippen molar-refractivity contribution in [3.63, 3.8) is 0 Å². The summed E-state index contributed by atoms with van der Waals surface area (Å²) >= 11 is 6.80. The van der Waals surface area contributed by atoms with Gasteiger partial charge in [-0.05, 0) is 55.6 Å². The van der Waals surface area contributed by atoms with Gasteiger partial charge >= 0.3 is 5.97 Å². The zero-order valence-corrected chi connectivity index (χ0v) is 16.7. The number of carbonyl (C=O) groups is 2. The zero-order chi connectivity index (χ0) is 19.2. The molecule has 1 aliphatic carbocycles. The third-order valence-corrected chi connectivity index (χ3v) is 5.87. The van der Waals surface area contributed by atoms with E-state index < -0.39 is 0 Å². The van der Waals surface area contributed by atoms with Gasteiger partial charge in [-0.3, -0.25) is 15.1 Å². The minimum absolute atomic E-state index is 0.149. The molecule has 142 valence electrons. The van der Waals surface area contributed by atoms with E-state index >= 15 is 0 Å². The summed E-state index contributed by atoms with van der Waals surface area (Å²) < 4.78 is 5.00. The lowest BCUT2D eigenvalue weighted by Gasteiger charge is -2.11. The molecule has 0 aliphatic heterocycles. The van der Waals surface area contributed by atoms with E-state index in [2.05, 4.69) is 15.6 Å². The number of nitrogens with zero attached hydrogens (tertiary/aromatic N) is 1. The van der Waals surface area contributed by atoms with Crippen LogP contribution in [0, 0.1) is 0 Å². The molecule has 2 N–H and O–H groups in total. The van der Waals surface area contributed by atoms with Crippen molar-refractivity contribution < 1.29 is 14.3 Å². The van der Waals surface area contributed by atoms with E-state index in [0.29, 0.717) is 16.1 Å². The highest BCUT2D eigenvalue weighted by Crippen LogP contribution is 2.37. The quantitative estimate of drug-likeness (QED) is 0.601. The highest BCUT2D eigenvalue weighted by molar-refractivity contribution is 7.80. The molecule has 0 fully saturated rings. The Kier molecular flexibility index (Phi) is 6.52. The average Bonchev–Trinajstić information content (AvgIpc) is 2.97. The number of thiophene rings is 1. The van der Waals surface area contributed by atoms with Crippen LogP contribution < -0.4 is 10.6 Å². The zero-order valence-electron chi connectivity index (χ0n) is 15.0. The minimum atomic E-state index is -0.376. The molecule has 2 aromatic rings. The number of pyridine rings is 1. The van der Waals surface area contributed by atoms with Crippen molar-refractivity contribution in [1.29, 1.82) is 0 Å². The first kappa shape index (κ1) is 19.4. The van der Waals surface area contributed by atoms with Crippen molar-refractivity contribution in [3.8, 4) is 0 Å². The smallest absolute Gasteiger partial charge is 0.341 e. The predicted octanol–water partition coefficient (Wildman–Crippen LogP) is 3.72. The van der Waals surface area contributed by atoms with Crippen LogP contribution in [0.1, 0.15) is 56.8 Å². The minimum Gasteiger partial charge on any atom is -0.465 e. The van der Waals surface area contributed by atoms with Crippen molar-refractivity contribution in [2.45, 2.75) is 38.5 Å². The second-order valence-electron chi connectivity index (χ2n) is 6.26. The number of aryl methyl sites for hydroxylation is 1. The van der Waals surface area contributed by atoms with Gasteiger partial charge in [-0.25, -0.2) is 4.79 Å². The number of ether oxygens (including phenoxy) is 1. The van der Waals surface area contributed by atoms with Gasteiger partial charge in [0, 0.05) is 22.8 Å². The van der Waals surface area contributed by atoms with Gasteiger partial charge in [0.2, 0.25) is 0 Å². The molecule has 27 heavy (non-hydrogen) atoms. The number of thiocarbonyl (C=S) groups is 1. The van der Waals surface area contributed by atoms with E-state index in [1.54, 1.807) is 24.5 Å². The number of esters is 1. The Balaban J connectivity index is 1.81. The fourth-order valence-corrected chi connectivity index (χ4v) is 4.68. The molecule has 1 amide bonds. The highest BCUT2D eigenvalue weighted by Gasteiger charge is 2.25. The summed E-state index contributed by atoms with van der Waals surface area (Å²) in [5.74, 6) is -0.705. The number of nitrogens with one attached hydrogen (secondary N) is 2. The predicted molar refractivity (Wildman–Crippen MR) is 109 cm³/mol. The molecule has 2 aromatic heterocycles. The number of hydrogen-bond donors (Lipinski definition) is 2. The molecule has 1 aliphatic rings. The summed E-state index contributed by atoms with van der Waals surface area (Å²) in [4.78, 5) is 29.7. The van der Waals surface area contributed by atoms with Crippen LogP contribution in [0.3, 0.4) is 0 Å².